The average Bonchev–Trinajstić information content (AvgIpc) is 3.22. The van der Waals surface area contributed by atoms with Crippen molar-refractivity contribution in [2.24, 2.45) is 22.9 Å². The molecule has 1 aromatic carbocycles. The third-order valence-corrected chi connectivity index (χ3v) is 12.6. The zero-order valence-corrected chi connectivity index (χ0v) is 34.9. The summed E-state index contributed by atoms with van der Waals surface area (Å²) in [5, 5.41) is 35.3. The Morgan fingerprint density at radius 3 is 2.39 bits per heavy atom. The first-order valence-corrected chi connectivity index (χ1v) is 22.3. The quantitative estimate of drug-likeness (QED) is 0.0502. The minimum atomic E-state index is -1.36. The van der Waals surface area contributed by atoms with Gasteiger partial charge < -0.3 is 44.0 Å². The van der Waals surface area contributed by atoms with Crippen LogP contribution in [0.2, 0.25) is 0 Å². The Labute approximate surface area is 341 Å². The van der Waals surface area contributed by atoms with E-state index in [1.807, 2.05) is 0 Å². The lowest BCUT2D eigenvalue weighted by Gasteiger charge is -2.59. The van der Waals surface area contributed by atoms with Crippen molar-refractivity contribution in [3.05, 3.63) is 48.1 Å². The first-order chi connectivity index (χ1) is 27.9. The van der Waals surface area contributed by atoms with Crippen LogP contribution in [0.1, 0.15) is 147 Å². The molecule has 2 heterocycles. The van der Waals surface area contributed by atoms with Crippen LogP contribution in [0.3, 0.4) is 0 Å². The molecule has 1 saturated carbocycles. The van der Waals surface area contributed by atoms with E-state index in [2.05, 4.69) is 19.6 Å². The monoisotopic (exact) mass is 797 g/mol. The summed E-state index contributed by atoms with van der Waals surface area (Å²) in [5.41, 5.74) is 2.54. The Kier molecular flexibility index (Phi) is 18.5. The molecule has 11 heteroatoms. The van der Waals surface area contributed by atoms with Crippen molar-refractivity contribution in [1.82, 2.24) is 4.90 Å². The van der Waals surface area contributed by atoms with Gasteiger partial charge in [-0.15, -0.1) is 6.58 Å². The van der Waals surface area contributed by atoms with Gasteiger partial charge in [-0.05, 0) is 80.6 Å². The molecule has 5 rings (SSSR count). The van der Waals surface area contributed by atoms with Gasteiger partial charge in [0.05, 0.1) is 31.5 Å². The van der Waals surface area contributed by atoms with E-state index < -0.39 is 30.1 Å². The van der Waals surface area contributed by atoms with Crippen LogP contribution in [0.15, 0.2) is 47.7 Å². The highest BCUT2D eigenvalue weighted by Crippen LogP contribution is 2.61. The number of carbonyl (C=O) groups is 1. The number of aromatic hydroxyl groups is 1. The first-order valence-electron chi connectivity index (χ1n) is 22.3. The lowest BCUT2D eigenvalue weighted by Crippen LogP contribution is -2.69. The summed E-state index contributed by atoms with van der Waals surface area (Å²) in [6, 6.07) is 4.58. The SMILES string of the molecule is C=CCO[C@@]12Oc3ccc(O)cc3[C@H]3[C@H](CCCCO)[C@@H](CCCCO)C=C(C(=NOC4CCCCO4)C[C@@H]1N(C)C(=O)OCCCCCCCCCCCC)[C@H]32. The number of carbonyl (C=O) groups excluding carboxylic acids is 1. The molecule has 1 unspecified atom stereocenters. The summed E-state index contributed by atoms with van der Waals surface area (Å²) in [7, 11) is 1.76. The number of aliphatic hydroxyl groups excluding tert-OH is 2. The second kappa shape index (κ2) is 23.5. The molecule has 3 N–H and O–H groups in total. The second-order valence-electron chi connectivity index (χ2n) is 16.6. The number of amides is 1. The molecule has 1 saturated heterocycles. The maximum Gasteiger partial charge on any atom is 0.409 e. The van der Waals surface area contributed by atoms with E-state index in [0.29, 0.717) is 37.5 Å². The number of likely N-dealkylation sites (N-methyl/N-ethyl adjacent to an activating group) is 1. The molecule has 2 aliphatic carbocycles. The zero-order chi connectivity index (χ0) is 40.5. The molecule has 0 aromatic heterocycles. The van der Waals surface area contributed by atoms with E-state index >= 15 is 0 Å². The minimum absolute atomic E-state index is 0.0799. The van der Waals surface area contributed by atoms with Gasteiger partial charge in [-0.1, -0.05) is 94.9 Å². The van der Waals surface area contributed by atoms with Crippen LogP contribution in [-0.2, 0) is 19.0 Å². The number of hydrogen-bond donors (Lipinski definition) is 3. The number of phenols is 1. The van der Waals surface area contributed by atoms with Crippen molar-refractivity contribution in [2.75, 3.05) is 40.1 Å². The number of nitrogens with zero attached hydrogens (tertiary/aromatic N) is 2. The molecule has 57 heavy (non-hydrogen) atoms. The second-order valence-corrected chi connectivity index (χ2v) is 16.6. The van der Waals surface area contributed by atoms with E-state index in [9.17, 15) is 20.1 Å². The summed E-state index contributed by atoms with van der Waals surface area (Å²) in [4.78, 5) is 21.9. The summed E-state index contributed by atoms with van der Waals surface area (Å²) in [5.74, 6) is -1.06. The predicted molar refractivity (Wildman–Crippen MR) is 222 cm³/mol. The smallest absolute Gasteiger partial charge is 0.409 e. The highest BCUT2D eigenvalue weighted by atomic mass is 16.8. The maximum absolute atomic E-state index is 14.1. The van der Waals surface area contributed by atoms with Gasteiger partial charge in [0.15, 0.2) is 0 Å². The van der Waals surface area contributed by atoms with Gasteiger partial charge in [0.25, 0.3) is 0 Å². The largest absolute Gasteiger partial charge is 0.508 e. The van der Waals surface area contributed by atoms with Gasteiger partial charge in [-0.25, -0.2) is 4.79 Å². The summed E-state index contributed by atoms with van der Waals surface area (Å²) >= 11 is 0. The third-order valence-electron chi connectivity index (χ3n) is 12.6. The summed E-state index contributed by atoms with van der Waals surface area (Å²) in [6.07, 6.45) is 22.8. The zero-order valence-electron chi connectivity index (χ0n) is 34.9. The third kappa shape index (κ3) is 11.8. The number of phenolic OH excluding ortho intramolecular Hbond substituents is 1. The maximum atomic E-state index is 14.1. The average molecular weight is 797 g/mol. The minimum Gasteiger partial charge on any atom is -0.508 e. The highest BCUT2D eigenvalue weighted by Gasteiger charge is 2.65. The fraction of sp³-hybridized carbons (Fsp3) is 0.739. The van der Waals surface area contributed by atoms with Gasteiger partial charge in [0.1, 0.15) is 17.5 Å². The first kappa shape index (κ1) is 45.0. The van der Waals surface area contributed by atoms with Crippen LogP contribution in [0.5, 0.6) is 11.5 Å². The molecule has 1 aromatic rings. The fourth-order valence-corrected chi connectivity index (χ4v) is 9.63. The molecular formula is C46H72N2O9. The predicted octanol–water partition coefficient (Wildman–Crippen LogP) is 9.54. The fourth-order valence-electron chi connectivity index (χ4n) is 9.63. The van der Waals surface area contributed by atoms with Crippen molar-refractivity contribution in [2.45, 2.75) is 159 Å². The number of allylic oxidation sites excluding steroid dienone is 1. The molecular weight excluding hydrogens is 725 g/mol. The molecule has 2 fully saturated rings. The molecule has 4 aliphatic rings. The van der Waals surface area contributed by atoms with Crippen molar-refractivity contribution >= 4 is 11.8 Å². The standard InChI is InChI=1S/C46H72N2O9/c1-4-6-7-8-9-10-11-12-13-19-30-54-45(52)48(3)41-33-39(47-57-42-23-16-20-29-53-42)37-31-34(21-14-17-26-49)36(22-15-18-27-50)43-38-32-35(51)24-25-40(38)56-46(41,44(37)43)55-28-5-2/h5,24-25,31-32,34,36,41-44,49-51H,2,4,6-23,26-30,33H2,1,3H3/t34-,36+,41-,42?,43+,44+,46+/m0/s1. The number of fused-ring (bicyclic) bond motifs is 2. The topological polar surface area (TPSA) is 140 Å². The van der Waals surface area contributed by atoms with Crippen LogP contribution in [0, 0.1) is 17.8 Å². The Morgan fingerprint density at radius 1 is 0.982 bits per heavy atom. The van der Waals surface area contributed by atoms with Crippen LogP contribution in [0.25, 0.3) is 0 Å². The van der Waals surface area contributed by atoms with Crippen LogP contribution < -0.4 is 4.74 Å². The number of ether oxygens (including phenoxy) is 4. The lowest BCUT2D eigenvalue weighted by molar-refractivity contribution is -0.254. The number of oxime groups is 1. The van der Waals surface area contributed by atoms with Gasteiger partial charge in [0, 0.05) is 44.6 Å². The number of aliphatic hydroxyl groups is 2. The number of benzene rings is 1. The number of rotatable bonds is 25. The lowest BCUT2D eigenvalue weighted by atomic mass is 9.55. The van der Waals surface area contributed by atoms with E-state index in [0.717, 1.165) is 75.3 Å². The Morgan fingerprint density at radius 2 is 1.70 bits per heavy atom. The molecule has 320 valence electrons. The molecule has 7 atom stereocenters. The summed E-state index contributed by atoms with van der Waals surface area (Å²) in [6.45, 7) is 7.59. The normalized spacial score (nSPS) is 27.2. The Bertz CT molecular complexity index is 1440. The van der Waals surface area contributed by atoms with E-state index in [-0.39, 0.29) is 49.7 Å². The molecule has 0 radical (unpaired) electrons. The van der Waals surface area contributed by atoms with Crippen molar-refractivity contribution in [3.8, 4) is 11.5 Å². The molecule has 2 aliphatic heterocycles. The van der Waals surface area contributed by atoms with Crippen molar-refractivity contribution in [3.63, 3.8) is 0 Å². The Balaban J connectivity index is 1.48. The van der Waals surface area contributed by atoms with Gasteiger partial charge >= 0.3 is 6.09 Å². The molecule has 1 amide bonds. The molecule has 11 nitrogen and oxygen atoms in total. The Hall–Kier alpha value is -3.12. The van der Waals surface area contributed by atoms with Crippen LogP contribution in [0.4, 0.5) is 4.79 Å². The van der Waals surface area contributed by atoms with E-state index in [4.69, 9.17) is 28.9 Å². The number of hydrogen-bond acceptors (Lipinski definition) is 10. The molecule has 0 spiro atoms. The van der Waals surface area contributed by atoms with E-state index in [1.54, 1.807) is 36.2 Å². The van der Waals surface area contributed by atoms with Gasteiger partial charge in [-0.2, -0.15) is 0 Å². The highest BCUT2D eigenvalue weighted by molar-refractivity contribution is 6.02. The van der Waals surface area contributed by atoms with Crippen LogP contribution in [-0.4, -0.2) is 90.2 Å². The van der Waals surface area contributed by atoms with Crippen molar-refractivity contribution in [1.29, 1.82) is 0 Å². The van der Waals surface area contributed by atoms with E-state index in [1.165, 1.54) is 44.9 Å². The summed E-state index contributed by atoms with van der Waals surface area (Å²) < 4.78 is 25.9. The van der Waals surface area contributed by atoms with Gasteiger partial charge in [-0.3, -0.25) is 0 Å². The molecule has 0 bridgehead atoms. The van der Waals surface area contributed by atoms with Crippen molar-refractivity contribution < 1.29 is 43.9 Å². The number of unbranched alkanes of at least 4 members (excludes halogenated alkanes) is 11. The van der Waals surface area contributed by atoms with Crippen LogP contribution >= 0.6 is 0 Å². The van der Waals surface area contributed by atoms with Gasteiger partial charge in [0.2, 0.25) is 12.1 Å².